The van der Waals surface area contributed by atoms with Crippen LogP contribution in [-0.4, -0.2) is 48.4 Å². The summed E-state index contributed by atoms with van der Waals surface area (Å²) < 4.78 is 10.8. The van der Waals surface area contributed by atoms with Crippen LogP contribution in [0, 0.1) is 17.3 Å². The number of amides is 2. The maximum Gasteiger partial charge on any atom is 0.317 e. The average molecular weight is 349 g/mol. The standard InChI is InChI=1S/C19H31N3O3/c1-13(2)9-16-12-15(21-25-16)10-14-11-17(19(14,3)4)20-18(23)22-5-7-24-8-6-22/h12-14,17H,5-11H2,1-4H3,(H,20,23)/t14-,17+/m1/s1. The van der Waals surface area contributed by atoms with Gasteiger partial charge in [0.1, 0.15) is 5.76 Å². The summed E-state index contributed by atoms with van der Waals surface area (Å²) in [5.41, 5.74) is 1.10. The lowest BCUT2D eigenvalue weighted by molar-refractivity contribution is 0.0101. The third-order valence-electron chi connectivity index (χ3n) is 5.74. The van der Waals surface area contributed by atoms with Crippen molar-refractivity contribution in [3.63, 3.8) is 0 Å². The van der Waals surface area contributed by atoms with Gasteiger partial charge in [0.05, 0.1) is 18.9 Å². The Morgan fingerprint density at radius 3 is 2.76 bits per heavy atom. The van der Waals surface area contributed by atoms with E-state index in [2.05, 4.69) is 44.2 Å². The highest BCUT2D eigenvalue weighted by Gasteiger charge is 2.49. The number of nitrogens with zero attached hydrogens (tertiary/aromatic N) is 2. The maximum atomic E-state index is 12.4. The lowest BCUT2D eigenvalue weighted by Gasteiger charge is -2.52. The van der Waals surface area contributed by atoms with Gasteiger partial charge in [0.15, 0.2) is 0 Å². The highest BCUT2D eigenvalue weighted by Crippen LogP contribution is 2.47. The van der Waals surface area contributed by atoms with Crippen molar-refractivity contribution >= 4 is 6.03 Å². The second kappa shape index (κ2) is 7.36. The maximum absolute atomic E-state index is 12.4. The number of carbonyl (C=O) groups excluding carboxylic acids is 1. The van der Waals surface area contributed by atoms with Crippen LogP contribution >= 0.6 is 0 Å². The zero-order valence-corrected chi connectivity index (χ0v) is 15.9. The van der Waals surface area contributed by atoms with E-state index in [-0.39, 0.29) is 17.5 Å². The van der Waals surface area contributed by atoms with Gasteiger partial charge in [-0.15, -0.1) is 0 Å². The fraction of sp³-hybridized carbons (Fsp3) is 0.789. The number of carbonyl (C=O) groups is 1. The van der Waals surface area contributed by atoms with E-state index in [0.717, 1.165) is 30.7 Å². The van der Waals surface area contributed by atoms with Crippen LogP contribution in [0.4, 0.5) is 4.79 Å². The number of hydrogen-bond acceptors (Lipinski definition) is 4. The van der Waals surface area contributed by atoms with Gasteiger partial charge in [0, 0.05) is 31.6 Å². The van der Waals surface area contributed by atoms with E-state index in [0.29, 0.717) is 38.1 Å². The lowest BCUT2D eigenvalue weighted by atomic mass is 9.57. The number of aromatic nitrogens is 1. The molecule has 2 heterocycles. The molecule has 2 amide bonds. The first-order chi connectivity index (χ1) is 11.9. The van der Waals surface area contributed by atoms with Gasteiger partial charge in [-0.3, -0.25) is 0 Å². The van der Waals surface area contributed by atoms with E-state index in [9.17, 15) is 4.79 Å². The second-order valence-corrected chi connectivity index (χ2v) is 8.44. The SMILES string of the molecule is CC(C)Cc1cc(C[C@@H]2C[C@H](NC(=O)N3CCOCC3)C2(C)C)no1. The number of urea groups is 1. The lowest BCUT2D eigenvalue weighted by Crippen LogP contribution is -2.61. The van der Waals surface area contributed by atoms with Crippen molar-refractivity contribution in [1.82, 2.24) is 15.4 Å². The van der Waals surface area contributed by atoms with E-state index >= 15 is 0 Å². The largest absolute Gasteiger partial charge is 0.378 e. The van der Waals surface area contributed by atoms with Crippen molar-refractivity contribution in [3.05, 3.63) is 17.5 Å². The minimum absolute atomic E-state index is 0.0421. The van der Waals surface area contributed by atoms with Gasteiger partial charge in [0.25, 0.3) is 0 Å². The predicted octanol–water partition coefficient (Wildman–Crippen LogP) is 2.87. The van der Waals surface area contributed by atoms with Crippen molar-refractivity contribution in [2.45, 2.75) is 53.0 Å². The molecule has 2 atom stereocenters. The van der Waals surface area contributed by atoms with E-state index in [1.807, 2.05) is 4.90 Å². The van der Waals surface area contributed by atoms with Crippen LogP contribution in [0.25, 0.3) is 0 Å². The molecule has 6 heteroatoms. The van der Waals surface area contributed by atoms with E-state index in [1.165, 1.54) is 0 Å². The van der Waals surface area contributed by atoms with Crippen molar-refractivity contribution in [2.75, 3.05) is 26.3 Å². The first-order valence-electron chi connectivity index (χ1n) is 9.44. The fourth-order valence-corrected chi connectivity index (χ4v) is 3.82. The molecule has 1 N–H and O–H groups in total. The molecule has 140 valence electrons. The quantitative estimate of drug-likeness (QED) is 0.887. The van der Waals surface area contributed by atoms with Crippen molar-refractivity contribution < 1.29 is 14.1 Å². The van der Waals surface area contributed by atoms with Crippen molar-refractivity contribution in [3.8, 4) is 0 Å². The smallest absolute Gasteiger partial charge is 0.317 e. The van der Waals surface area contributed by atoms with Crippen molar-refractivity contribution in [1.29, 1.82) is 0 Å². The molecular formula is C19H31N3O3. The molecular weight excluding hydrogens is 318 g/mol. The summed E-state index contributed by atoms with van der Waals surface area (Å²) in [6, 6.07) is 2.35. The molecule has 1 aliphatic carbocycles. The molecule has 1 aliphatic heterocycles. The third kappa shape index (κ3) is 4.17. The van der Waals surface area contributed by atoms with Gasteiger partial charge >= 0.3 is 6.03 Å². The Labute approximate surface area is 150 Å². The van der Waals surface area contributed by atoms with Gasteiger partial charge in [-0.2, -0.15) is 0 Å². The molecule has 0 radical (unpaired) electrons. The minimum Gasteiger partial charge on any atom is -0.378 e. The Balaban J connectivity index is 1.51. The van der Waals surface area contributed by atoms with Gasteiger partial charge in [0.2, 0.25) is 0 Å². The van der Waals surface area contributed by atoms with Crippen LogP contribution in [0.2, 0.25) is 0 Å². The van der Waals surface area contributed by atoms with Crippen LogP contribution in [0.15, 0.2) is 10.6 Å². The van der Waals surface area contributed by atoms with Crippen molar-refractivity contribution in [2.24, 2.45) is 17.3 Å². The number of morpholine rings is 1. The summed E-state index contributed by atoms with van der Waals surface area (Å²) in [7, 11) is 0. The van der Waals surface area contributed by atoms with E-state index in [1.54, 1.807) is 0 Å². The van der Waals surface area contributed by atoms with Gasteiger partial charge in [-0.05, 0) is 30.1 Å². The molecule has 6 nitrogen and oxygen atoms in total. The summed E-state index contributed by atoms with van der Waals surface area (Å²) >= 11 is 0. The highest BCUT2D eigenvalue weighted by atomic mass is 16.5. The highest BCUT2D eigenvalue weighted by molar-refractivity contribution is 5.74. The monoisotopic (exact) mass is 349 g/mol. The molecule has 2 fully saturated rings. The summed E-state index contributed by atoms with van der Waals surface area (Å²) in [5.74, 6) is 2.06. The van der Waals surface area contributed by atoms with Crippen LogP contribution in [0.5, 0.6) is 0 Å². The Hall–Kier alpha value is -1.56. The predicted molar refractivity (Wildman–Crippen MR) is 95.3 cm³/mol. The Kier molecular flexibility index (Phi) is 5.37. The summed E-state index contributed by atoms with van der Waals surface area (Å²) in [5, 5.41) is 7.44. The molecule has 0 unspecified atom stereocenters. The molecule has 2 aliphatic rings. The zero-order valence-electron chi connectivity index (χ0n) is 15.9. The first kappa shape index (κ1) is 18.2. The number of hydrogen-bond donors (Lipinski definition) is 1. The number of ether oxygens (including phenoxy) is 1. The Bertz CT molecular complexity index is 590. The fourth-order valence-electron chi connectivity index (χ4n) is 3.82. The molecule has 1 saturated carbocycles. The normalized spacial score (nSPS) is 25.7. The van der Waals surface area contributed by atoms with E-state index in [4.69, 9.17) is 9.26 Å². The molecule has 0 bridgehead atoms. The van der Waals surface area contributed by atoms with Crippen LogP contribution < -0.4 is 5.32 Å². The average Bonchev–Trinajstić information content (AvgIpc) is 3.01. The van der Waals surface area contributed by atoms with Gasteiger partial charge < -0.3 is 19.5 Å². The summed E-state index contributed by atoms with van der Waals surface area (Å²) in [6.45, 7) is 11.5. The number of nitrogens with one attached hydrogen (secondary N) is 1. The van der Waals surface area contributed by atoms with Crippen LogP contribution in [0.3, 0.4) is 0 Å². The first-order valence-corrected chi connectivity index (χ1v) is 9.44. The molecule has 1 aromatic rings. The topological polar surface area (TPSA) is 67.6 Å². The molecule has 1 aromatic heterocycles. The molecule has 0 aromatic carbocycles. The number of rotatable bonds is 5. The van der Waals surface area contributed by atoms with E-state index < -0.39 is 0 Å². The molecule has 3 rings (SSSR count). The second-order valence-electron chi connectivity index (χ2n) is 8.44. The summed E-state index contributed by atoms with van der Waals surface area (Å²) in [6.07, 6.45) is 2.84. The van der Waals surface area contributed by atoms with Gasteiger partial charge in [-0.1, -0.05) is 32.9 Å². The van der Waals surface area contributed by atoms with Crippen LogP contribution in [0.1, 0.15) is 45.6 Å². The Morgan fingerprint density at radius 2 is 2.12 bits per heavy atom. The summed E-state index contributed by atoms with van der Waals surface area (Å²) in [4.78, 5) is 14.2. The zero-order chi connectivity index (χ0) is 18.0. The minimum atomic E-state index is 0.0421. The third-order valence-corrected chi connectivity index (χ3v) is 5.74. The Morgan fingerprint density at radius 1 is 1.40 bits per heavy atom. The molecule has 1 saturated heterocycles. The molecule has 25 heavy (non-hydrogen) atoms. The van der Waals surface area contributed by atoms with Gasteiger partial charge in [-0.25, -0.2) is 4.79 Å². The molecule has 0 spiro atoms. The van der Waals surface area contributed by atoms with Crippen LogP contribution in [-0.2, 0) is 17.6 Å².